The van der Waals surface area contributed by atoms with Crippen LogP contribution in [0.4, 0.5) is 10.5 Å². The van der Waals surface area contributed by atoms with Crippen LogP contribution in [0.15, 0.2) is 6.07 Å². The first-order valence-corrected chi connectivity index (χ1v) is 4.68. The number of nitrogens with two attached hydrogens (primary N) is 1. The highest BCUT2D eigenvalue weighted by molar-refractivity contribution is 5.89. The number of ether oxygens (including phenoxy) is 1. The molecule has 0 aliphatic heterocycles. The van der Waals surface area contributed by atoms with Crippen LogP contribution in [-0.4, -0.2) is 13.1 Å². The van der Waals surface area contributed by atoms with Crippen LogP contribution in [0.1, 0.15) is 16.7 Å². The lowest BCUT2D eigenvalue weighted by Gasteiger charge is -2.15. The minimum absolute atomic E-state index is 0.554. The lowest BCUT2D eigenvalue weighted by Crippen LogP contribution is -2.20. The molecule has 0 saturated heterocycles. The monoisotopic (exact) mass is 208 g/mol. The molecule has 0 aromatic heterocycles. The zero-order valence-electron chi connectivity index (χ0n) is 9.47. The number of hydrogen-bond acceptors (Lipinski definition) is 2. The Labute approximate surface area is 89.4 Å². The predicted octanol–water partition coefficient (Wildman–Crippen LogP) is 2.11. The van der Waals surface area contributed by atoms with E-state index in [-0.39, 0.29) is 0 Å². The number of rotatable bonds is 2. The van der Waals surface area contributed by atoms with Gasteiger partial charge in [0, 0.05) is 5.69 Å². The van der Waals surface area contributed by atoms with Crippen LogP contribution < -0.4 is 15.8 Å². The molecule has 2 amide bonds. The molecule has 0 aliphatic rings. The van der Waals surface area contributed by atoms with E-state index in [1.165, 1.54) is 0 Å². The van der Waals surface area contributed by atoms with Gasteiger partial charge in [0.05, 0.1) is 7.11 Å². The molecule has 0 atom stereocenters. The fourth-order valence-electron chi connectivity index (χ4n) is 1.64. The van der Waals surface area contributed by atoms with Crippen LogP contribution in [-0.2, 0) is 0 Å². The Kier molecular flexibility index (Phi) is 3.19. The average molecular weight is 208 g/mol. The van der Waals surface area contributed by atoms with Crippen molar-refractivity contribution in [2.24, 2.45) is 5.73 Å². The van der Waals surface area contributed by atoms with E-state index in [0.29, 0.717) is 0 Å². The van der Waals surface area contributed by atoms with E-state index in [1.807, 2.05) is 26.8 Å². The van der Waals surface area contributed by atoms with Crippen molar-refractivity contribution < 1.29 is 9.53 Å². The van der Waals surface area contributed by atoms with Gasteiger partial charge in [-0.25, -0.2) is 4.79 Å². The van der Waals surface area contributed by atoms with E-state index < -0.39 is 6.03 Å². The van der Waals surface area contributed by atoms with Gasteiger partial charge in [0.25, 0.3) is 0 Å². The summed E-state index contributed by atoms with van der Waals surface area (Å²) in [5, 5.41) is 2.59. The number of anilines is 1. The number of urea groups is 1. The Balaban J connectivity index is 3.27. The van der Waals surface area contributed by atoms with Crippen molar-refractivity contribution in [3.8, 4) is 5.75 Å². The van der Waals surface area contributed by atoms with Crippen molar-refractivity contribution in [3.63, 3.8) is 0 Å². The SMILES string of the molecule is COc1c(C)cc(NC(N)=O)c(C)c1C. The smallest absolute Gasteiger partial charge is 0.316 e. The average Bonchev–Trinajstić information content (AvgIpc) is 2.14. The molecule has 0 aliphatic carbocycles. The lowest BCUT2D eigenvalue weighted by molar-refractivity contribution is 0.259. The fourth-order valence-corrected chi connectivity index (χ4v) is 1.64. The third-order valence-corrected chi connectivity index (χ3v) is 2.49. The van der Waals surface area contributed by atoms with E-state index in [0.717, 1.165) is 28.1 Å². The van der Waals surface area contributed by atoms with Crippen molar-refractivity contribution in [2.45, 2.75) is 20.8 Å². The summed E-state index contributed by atoms with van der Waals surface area (Å²) in [4.78, 5) is 10.8. The van der Waals surface area contributed by atoms with Gasteiger partial charge in [0.2, 0.25) is 0 Å². The molecule has 15 heavy (non-hydrogen) atoms. The molecule has 4 nitrogen and oxygen atoms in total. The summed E-state index contributed by atoms with van der Waals surface area (Å²) in [7, 11) is 1.63. The molecule has 82 valence electrons. The number of amides is 2. The van der Waals surface area contributed by atoms with Crippen molar-refractivity contribution in [3.05, 3.63) is 22.8 Å². The third-order valence-electron chi connectivity index (χ3n) is 2.49. The zero-order chi connectivity index (χ0) is 11.6. The highest BCUT2D eigenvalue weighted by atomic mass is 16.5. The van der Waals surface area contributed by atoms with Crippen molar-refractivity contribution in [1.29, 1.82) is 0 Å². The maximum absolute atomic E-state index is 10.8. The molecular formula is C11H16N2O2. The number of nitrogens with one attached hydrogen (secondary N) is 1. The fraction of sp³-hybridized carbons (Fsp3) is 0.364. The quantitative estimate of drug-likeness (QED) is 0.781. The topological polar surface area (TPSA) is 64.3 Å². The Morgan fingerprint density at radius 1 is 1.33 bits per heavy atom. The molecule has 0 saturated carbocycles. The van der Waals surface area contributed by atoms with Crippen molar-refractivity contribution in [1.82, 2.24) is 0 Å². The number of hydrogen-bond donors (Lipinski definition) is 2. The van der Waals surface area contributed by atoms with Crippen molar-refractivity contribution in [2.75, 3.05) is 12.4 Å². The summed E-state index contributed by atoms with van der Waals surface area (Å²) < 4.78 is 5.27. The molecule has 1 aromatic carbocycles. The summed E-state index contributed by atoms with van der Waals surface area (Å²) in [6, 6.07) is 1.30. The Morgan fingerprint density at radius 2 is 1.93 bits per heavy atom. The van der Waals surface area contributed by atoms with Crippen LogP contribution in [0.5, 0.6) is 5.75 Å². The second-order valence-corrected chi connectivity index (χ2v) is 3.51. The predicted molar refractivity (Wildman–Crippen MR) is 60.4 cm³/mol. The standard InChI is InChI=1S/C11H16N2O2/c1-6-5-9(13-11(12)14)7(2)8(3)10(6)15-4/h5H,1-4H3,(H3,12,13,14). The van der Waals surface area contributed by atoms with Crippen LogP contribution in [0.2, 0.25) is 0 Å². The molecule has 1 rings (SSSR count). The maximum Gasteiger partial charge on any atom is 0.316 e. The Bertz CT molecular complexity index is 400. The number of carbonyl (C=O) groups excluding carboxylic acids is 1. The molecule has 0 radical (unpaired) electrons. The van der Waals surface area contributed by atoms with Gasteiger partial charge in [-0.1, -0.05) is 0 Å². The molecule has 1 aromatic rings. The highest BCUT2D eigenvalue weighted by Gasteiger charge is 2.11. The van der Waals surface area contributed by atoms with E-state index in [2.05, 4.69) is 5.32 Å². The first-order chi connectivity index (χ1) is 6.97. The second-order valence-electron chi connectivity index (χ2n) is 3.51. The van der Waals surface area contributed by atoms with Crippen LogP contribution in [0.25, 0.3) is 0 Å². The number of aryl methyl sites for hydroxylation is 1. The lowest BCUT2D eigenvalue weighted by atomic mass is 10.0. The molecule has 0 unspecified atom stereocenters. The van der Waals surface area contributed by atoms with Gasteiger partial charge in [-0.05, 0) is 43.5 Å². The zero-order valence-corrected chi connectivity index (χ0v) is 9.47. The number of carbonyl (C=O) groups is 1. The Hall–Kier alpha value is -1.71. The van der Waals surface area contributed by atoms with Gasteiger partial charge in [-0.2, -0.15) is 0 Å². The summed E-state index contributed by atoms with van der Waals surface area (Å²) in [6.07, 6.45) is 0. The van der Waals surface area contributed by atoms with Gasteiger partial charge in [0.1, 0.15) is 5.75 Å². The van der Waals surface area contributed by atoms with E-state index in [1.54, 1.807) is 7.11 Å². The van der Waals surface area contributed by atoms with Gasteiger partial charge in [-0.15, -0.1) is 0 Å². The van der Waals surface area contributed by atoms with E-state index >= 15 is 0 Å². The van der Waals surface area contributed by atoms with Crippen LogP contribution in [0, 0.1) is 20.8 Å². The van der Waals surface area contributed by atoms with Crippen molar-refractivity contribution >= 4 is 11.7 Å². The summed E-state index contributed by atoms with van der Waals surface area (Å²) in [6.45, 7) is 5.80. The molecule has 0 spiro atoms. The summed E-state index contributed by atoms with van der Waals surface area (Å²) in [5.41, 5.74) is 8.78. The largest absolute Gasteiger partial charge is 0.496 e. The van der Waals surface area contributed by atoms with E-state index in [9.17, 15) is 4.79 Å². The molecule has 3 N–H and O–H groups in total. The molecular weight excluding hydrogens is 192 g/mol. The van der Waals surface area contributed by atoms with Gasteiger partial charge in [-0.3, -0.25) is 0 Å². The number of benzene rings is 1. The second kappa shape index (κ2) is 4.21. The number of methoxy groups -OCH3 is 1. The molecule has 4 heteroatoms. The van der Waals surface area contributed by atoms with Gasteiger partial charge >= 0.3 is 6.03 Å². The third kappa shape index (κ3) is 2.21. The Morgan fingerprint density at radius 3 is 2.40 bits per heavy atom. The minimum atomic E-state index is -0.554. The van der Waals surface area contributed by atoms with Crippen LogP contribution in [0.3, 0.4) is 0 Å². The van der Waals surface area contributed by atoms with E-state index in [4.69, 9.17) is 10.5 Å². The maximum atomic E-state index is 10.8. The first-order valence-electron chi connectivity index (χ1n) is 4.68. The molecule has 0 heterocycles. The molecule has 0 bridgehead atoms. The van der Waals surface area contributed by atoms with Gasteiger partial charge < -0.3 is 15.8 Å². The van der Waals surface area contributed by atoms with Crippen LogP contribution >= 0.6 is 0 Å². The summed E-state index contributed by atoms with van der Waals surface area (Å²) in [5.74, 6) is 0.850. The highest BCUT2D eigenvalue weighted by Crippen LogP contribution is 2.31. The van der Waals surface area contributed by atoms with Gasteiger partial charge in [0.15, 0.2) is 0 Å². The summed E-state index contributed by atoms with van der Waals surface area (Å²) >= 11 is 0. The molecule has 0 fully saturated rings. The first kappa shape index (κ1) is 11.4. The number of primary amides is 1. The minimum Gasteiger partial charge on any atom is -0.496 e. The normalized spacial score (nSPS) is 9.87.